The van der Waals surface area contributed by atoms with E-state index in [1.165, 1.54) is 5.57 Å². The van der Waals surface area contributed by atoms with Crippen molar-refractivity contribution in [2.75, 3.05) is 23.7 Å². The van der Waals surface area contributed by atoms with Gasteiger partial charge in [0.25, 0.3) is 0 Å². The molecule has 1 aromatic heterocycles. The van der Waals surface area contributed by atoms with Crippen LogP contribution in [0.15, 0.2) is 23.9 Å². The minimum atomic E-state index is 0.276. The Hall–Kier alpha value is -1.51. The quantitative estimate of drug-likeness (QED) is 0.773. The van der Waals surface area contributed by atoms with Gasteiger partial charge in [-0.05, 0) is 30.4 Å². The van der Waals surface area contributed by atoms with E-state index in [0.29, 0.717) is 0 Å². The number of hydrogen-bond acceptors (Lipinski definition) is 3. The van der Waals surface area contributed by atoms with Crippen LogP contribution in [0.3, 0.4) is 0 Å². The lowest BCUT2D eigenvalue weighted by Crippen LogP contribution is -2.32. The predicted octanol–water partition coefficient (Wildman–Crippen LogP) is 3.15. The fraction of sp³-hybridized carbons (Fsp3) is 0.533. The number of rotatable bonds is 1. The summed E-state index contributed by atoms with van der Waals surface area (Å²) in [5, 5.41) is 0. The van der Waals surface area contributed by atoms with Crippen molar-refractivity contribution in [1.29, 1.82) is 0 Å². The van der Waals surface area contributed by atoms with E-state index in [-0.39, 0.29) is 5.41 Å². The lowest BCUT2D eigenvalue weighted by molar-refractivity contribution is 0.472. The van der Waals surface area contributed by atoms with Gasteiger partial charge in [0.2, 0.25) is 0 Å². The first-order valence-electron chi connectivity index (χ1n) is 6.54. The lowest BCUT2D eigenvalue weighted by atomic mass is 9.83. The van der Waals surface area contributed by atoms with Gasteiger partial charge in [0.05, 0.1) is 5.69 Å². The highest BCUT2D eigenvalue weighted by atomic mass is 15.2. The number of nitrogens with two attached hydrogens (primary N) is 1. The monoisotopic (exact) mass is 245 g/mol. The molecule has 0 aromatic carbocycles. The number of anilines is 2. The minimum Gasteiger partial charge on any atom is -0.396 e. The van der Waals surface area contributed by atoms with Crippen molar-refractivity contribution >= 4 is 11.5 Å². The van der Waals surface area contributed by atoms with E-state index >= 15 is 0 Å². The molecular formula is C15H23N3. The Morgan fingerprint density at radius 3 is 2.56 bits per heavy atom. The largest absolute Gasteiger partial charge is 0.396 e. The second-order valence-corrected chi connectivity index (χ2v) is 6.10. The molecule has 98 valence electrons. The Morgan fingerprint density at radius 2 is 2.06 bits per heavy atom. The maximum absolute atomic E-state index is 6.05. The van der Waals surface area contributed by atoms with Crippen LogP contribution in [-0.2, 0) is 0 Å². The van der Waals surface area contributed by atoms with Gasteiger partial charge in [-0.15, -0.1) is 0 Å². The Kier molecular flexibility index (Phi) is 3.33. The Labute approximate surface area is 110 Å². The minimum absolute atomic E-state index is 0.276. The lowest BCUT2D eigenvalue weighted by Gasteiger charge is -2.33. The number of aryl methyl sites for hydroxylation is 1. The first-order valence-corrected chi connectivity index (χ1v) is 6.54. The molecule has 1 aliphatic rings. The molecule has 0 radical (unpaired) electrons. The fourth-order valence-corrected chi connectivity index (χ4v) is 2.39. The van der Waals surface area contributed by atoms with Gasteiger partial charge in [0.1, 0.15) is 0 Å². The Bertz CT molecular complexity index is 469. The van der Waals surface area contributed by atoms with Gasteiger partial charge in [-0.2, -0.15) is 0 Å². The van der Waals surface area contributed by atoms with Crippen molar-refractivity contribution in [1.82, 2.24) is 4.98 Å². The highest BCUT2D eigenvalue weighted by Gasteiger charge is 2.22. The van der Waals surface area contributed by atoms with Gasteiger partial charge in [-0.25, -0.2) is 4.98 Å². The molecule has 0 fully saturated rings. The van der Waals surface area contributed by atoms with Crippen LogP contribution in [0, 0.1) is 12.3 Å². The van der Waals surface area contributed by atoms with Crippen LogP contribution in [-0.4, -0.2) is 18.1 Å². The van der Waals surface area contributed by atoms with Crippen molar-refractivity contribution in [3.05, 3.63) is 29.5 Å². The van der Waals surface area contributed by atoms with Crippen LogP contribution >= 0.6 is 0 Å². The van der Waals surface area contributed by atoms with E-state index in [1.807, 2.05) is 19.2 Å². The zero-order valence-electron chi connectivity index (χ0n) is 11.8. The molecule has 0 amide bonds. The van der Waals surface area contributed by atoms with Gasteiger partial charge in [0, 0.05) is 19.3 Å². The first kappa shape index (κ1) is 12.9. The smallest absolute Gasteiger partial charge is 0.152 e. The first-order chi connectivity index (χ1) is 8.38. The third-order valence-electron chi connectivity index (χ3n) is 3.50. The van der Waals surface area contributed by atoms with E-state index in [2.05, 4.69) is 36.7 Å². The van der Waals surface area contributed by atoms with Gasteiger partial charge in [-0.1, -0.05) is 32.4 Å². The molecule has 18 heavy (non-hydrogen) atoms. The average Bonchev–Trinajstić information content (AvgIpc) is 2.28. The van der Waals surface area contributed by atoms with Crippen LogP contribution in [0.25, 0.3) is 0 Å². The summed E-state index contributed by atoms with van der Waals surface area (Å²) in [6.45, 7) is 10.7. The predicted molar refractivity (Wildman–Crippen MR) is 77.8 cm³/mol. The molecule has 0 unspecified atom stereocenters. The normalized spacial score (nSPS) is 16.7. The van der Waals surface area contributed by atoms with Gasteiger partial charge < -0.3 is 10.6 Å². The molecule has 0 atom stereocenters. The van der Waals surface area contributed by atoms with E-state index in [4.69, 9.17) is 5.73 Å². The third kappa shape index (κ3) is 2.66. The fourth-order valence-electron chi connectivity index (χ4n) is 2.39. The molecule has 1 aliphatic heterocycles. The molecule has 3 heteroatoms. The van der Waals surface area contributed by atoms with Crippen LogP contribution in [0.5, 0.6) is 0 Å². The zero-order valence-corrected chi connectivity index (χ0v) is 11.8. The second kappa shape index (κ2) is 4.63. The SMILES string of the molecule is Cc1cnc(N2CC=C(C(C)(C)C)CC2)c(N)c1. The maximum atomic E-state index is 6.05. The molecule has 0 bridgehead atoms. The van der Waals surface area contributed by atoms with Crippen LogP contribution in [0.2, 0.25) is 0 Å². The second-order valence-electron chi connectivity index (χ2n) is 6.10. The highest BCUT2D eigenvalue weighted by Crippen LogP contribution is 2.32. The molecule has 3 nitrogen and oxygen atoms in total. The molecule has 0 saturated heterocycles. The molecule has 2 heterocycles. The number of hydrogen-bond donors (Lipinski definition) is 1. The molecule has 2 rings (SSSR count). The van der Waals surface area contributed by atoms with Crippen molar-refractivity contribution in [3.63, 3.8) is 0 Å². The van der Waals surface area contributed by atoms with E-state index in [1.54, 1.807) is 0 Å². The van der Waals surface area contributed by atoms with Crippen molar-refractivity contribution in [3.8, 4) is 0 Å². The Balaban J connectivity index is 2.17. The summed E-state index contributed by atoms with van der Waals surface area (Å²) in [6.07, 6.45) is 5.30. The molecular weight excluding hydrogens is 222 g/mol. The molecule has 0 aliphatic carbocycles. The number of nitrogens with zero attached hydrogens (tertiary/aromatic N) is 2. The van der Waals surface area contributed by atoms with E-state index in [9.17, 15) is 0 Å². The topological polar surface area (TPSA) is 42.2 Å². The Morgan fingerprint density at radius 1 is 1.33 bits per heavy atom. The van der Waals surface area contributed by atoms with Gasteiger partial charge >= 0.3 is 0 Å². The van der Waals surface area contributed by atoms with E-state index in [0.717, 1.165) is 36.6 Å². The van der Waals surface area contributed by atoms with Gasteiger partial charge in [-0.3, -0.25) is 0 Å². The summed E-state index contributed by atoms with van der Waals surface area (Å²) < 4.78 is 0. The van der Waals surface area contributed by atoms with Crippen molar-refractivity contribution < 1.29 is 0 Å². The third-order valence-corrected chi connectivity index (χ3v) is 3.50. The van der Waals surface area contributed by atoms with Crippen LogP contribution < -0.4 is 10.6 Å². The molecule has 0 spiro atoms. The van der Waals surface area contributed by atoms with Gasteiger partial charge in [0.15, 0.2) is 5.82 Å². The standard InChI is InChI=1S/C15H23N3/c1-11-9-13(16)14(17-10-11)18-7-5-12(6-8-18)15(2,3)4/h5,9-10H,6-8,16H2,1-4H3. The molecule has 0 saturated carbocycles. The van der Waals surface area contributed by atoms with Crippen LogP contribution in [0.4, 0.5) is 11.5 Å². The highest BCUT2D eigenvalue weighted by molar-refractivity contribution is 5.64. The summed E-state index contributed by atoms with van der Waals surface area (Å²) in [5.74, 6) is 0.921. The number of aromatic nitrogens is 1. The molecule has 1 aromatic rings. The molecule has 2 N–H and O–H groups in total. The summed E-state index contributed by atoms with van der Waals surface area (Å²) in [7, 11) is 0. The van der Waals surface area contributed by atoms with E-state index < -0.39 is 0 Å². The number of nitrogen functional groups attached to an aromatic ring is 1. The summed E-state index contributed by atoms with van der Waals surface area (Å²) >= 11 is 0. The summed E-state index contributed by atoms with van der Waals surface area (Å²) in [6, 6.07) is 1.99. The van der Waals surface area contributed by atoms with Crippen molar-refractivity contribution in [2.45, 2.75) is 34.1 Å². The summed E-state index contributed by atoms with van der Waals surface area (Å²) in [5.41, 5.74) is 9.75. The van der Waals surface area contributed by atoms with Crippen molar-refractivity contribution in [2.24, 2.45) is 5.41 Å². The zero-order chi connectivity index (χ0) is 13.3. The van der Waals surface area contributed by atoms with Crippen LogP contribution in [0.1, 0.15) is 32.8 Å². The maximum Gasteiger partial charge on any atom is 0.152 e. The average molecular weight is 245 g/mol. The number of pyridine rings is 1. The summed E-state index contributed by atoms with van der Waals surface area (Å²) in [4.78, 5) is 6.71.